The van der Waals surface area contributed by atoms with Crippen molar-refractivity contribution in [2.45, 2.75) is 36.3 Å². The molecule has 0 radical (unpaired) electrons. The van der Waals surface area contributed by atoms with E-state index < -0.39 is 12.6 Å². The molecule has 3 aromatic carbocycles. The van der Waals surface area contributed by atoms with Gasteiger partial charge in [-0.2, -0.15) is 0 Å². The summed E-state index contributed by atoms with van der Waals surface area (Å²) in [7, 11) is 0. The van der Waals surface area contributed by atoms with Crippen LogP contribution in [0.1, 0.15) is 44.7 Å². The average Bonchev–Trinajstić information content (AvgIpc) is 3.24. The molecule has 4 unspecified atom stereocenters. The second-order valence-corrected chi connectivity index (χ2v) is 14.1. The van der Waals surface area contributed by atoms with Crippen LogP contribution in [-0.4, -0.2) is 44.8 Å². The summed E-state index contributed by atoms with van der Waals surface area (Å²) in [6.07, 6.45) is 1.19. The number of hydrogen-bond donors (Lipinski definition) is 0. The van der Waals surface area contributed by atoms with Crippen LogP contribution in [0.3, 0.4) is 0 Å². The highest BCUT2D eigenvalue weighted by Gasteiger charge is 2.52. The lowest BCUT2D eigenvalue weighted by Gasteiger charge is -2.29. The Morgan fingerprint density at radius 2 is 1.55 bits per heavy atom. The molecular weight excluding hydrogens is 712 g/mol. The average molecular weight is 739 g/mol. The first-order valence-electron chi connectivity index (χ1n) is 14.2. The number of fused-ring (bicyclic) bond motifs is 2. The van der Waals surface area contributed by atoms with Gasteiger partial charge >= 0.3 is 5.97 Å². The van der Waals surface area contributed by atoms with E-state index in [0.717, 1.165) is 11.1 Å². The Kier molecular flexibility index (Phi) is 8.48. The number of ketones is 1. The number of aryl methyl sites for hydroxylation is 2. The third-order valence-corrected chi connectivity index (χ3v) is 11.5. The van der Waals surface area contributed by atoms with Crippen molar-refractivity contribution >= 4 is 83.6 Å². The molecule has 10 heteroatoms. The zero-order chi connectivity index (χ0) is 31.3. The minimum atomic E-state index is -0.680. The predicted octanol–water partition coefficient (Wildman–Crippen LogP) is 7.64. The third kappa shape index (κ3) is 5.73. The lowest BCUT2D eigenvalue weighted by atomic mass is 9.81. The van der Waals surface area contributed by atoms with Crippen molar-refractivity contribution in [1.82, 2.24) is 4.98 Å². The van der Waals surface area contributed by atoms with Gasteiger partial charge in [-0.15, -0.1) is 0 Å². The monoisotopic (exact) mass is 736 g/mol. The number of pyridine rings is 1. The Labute approximate surface area is 276 Å². The van der Waals surface area contributed by atoms with Crippen LogP contribution in [0.4, 0.5) is 5.69 Å². The van der Waals surface area contributed by atoms with Gasteiger partial charge in [-0.05, 0) is 80.3 Å². The molecule has 4 aromatic rings. The number of carbonyl (C=O) groups is 4. The number of halogens is 3. The van der Waals surface area contributed by atoms with E-state index in [-0.39, 0.29) is 44.7 Å². The van der Waals surface area contributed by atoms with E-state index in [0.29, 0.717) is 51.3 Å². The Morgan fingerprint density at radius 1 is 0.886 bits per heavy atom. The van der Waals surface area contributed by atoms with E-state index >= 15 is 0 Å². The van der Waals surface area contributed by atoms with Gasteiger partial charge in [-0.1, -0.05) is 67.7 Å². The summed E-state index contributed by atoms with van der Waals surface area (Å²) in [5.41, 5.74) is 4.89. The van der Waals surface area contributed by atoms with Gasteiger partial charge in [0.25, 0.3) is 0 Å². The topological polar surface area (TPSA) is 93.6 Å². The minimum Gasteiger partial charge on any atom is -0.454 e. The smallest absolute Gasteiger partial charge is 0.339 e. The predicted molar refractivity (Wildman–Crippen MR) is 177 cm³/mol. The van der Waals surface area contributed by atoms with Crippen LogP contribution in [0, 0.1) is 25.7 Å². The van der Waals surface area contributed by atoms with Crippen molar-refractivity contribution in [2.24, 2.45) is 11.8 Å². The van der Waals surface area contributed by atoms with Crippen molar-refractivity contribution in [2.75, 3.05) is 11.5 Å². The molecule has 2 aliphatic rings. The summed E-state index contributed by atoms with van der Waals surface area (Å²) in [6, 6.07) is 19.0. The Bertz CT molecular complexity index is 1820. The number of esters is 1. The first kappa shape index (κ1) is 30.6. The maximum absolute atomic E-state index is 13.3. The van der Waals surface area contributed by atoms with Crippen molar-refractivity contribution < 1.29 is 23.9 Å². The van der Waals surface area contributed by atoms with Crippen molar-refractivity contribution in [1.29, 1.82) is 0 Å². The highest BCUT2D eigenvalue weighted by molar-refractivity contribution is 9.12. The second-order valence-electron chi connectivity index (χ2n) is 11.3. The van der Waals surface area contributed by atoms with Crippen molar-refractivity contribution in [3.05, 3.63) is 94.0 Å². The summed E-state index contributed by atoms with van der Waals surface area (Å²) in [6.45, 7) is 3.47. The van der Waals surface area contributed by atoms with Gasteiger partial charge in [-0.3, -0.25) is 19.3 Å². The summed E-state index contributed by atoms with van der Waals surface area (Å²) in [5, 5.41) is 0.919. The summed E-state index contributed by atoms with van der Waals surface area (Å²) < 4.78 is 5.48. The number of Topliss-reactive ketones (excluding diaryl/α,β-unsaturated/α-hetero) is 1. The van der Waals surface area contributed by atoms with Crippen LogP contribution < -0.4 is 4.90 Å². The van der Waals surface area contributed by atoms with E-state index in [1.54, 1.807) is 60.7 Å². The molecule has 6 rings (SSSR count). The molecular formula is C34H27Br2ClN2O5. The molecule has 0 bridgehead atoms. The highest BCUT2D eigenvalue weighted by atomic mass is 79.9. The summed E-state index contributed by atoms with van der Waals surface area (Å²) >= 11 is 13.5. The minimum absolute atomic E-state index is 0.127. The van der Waals surface area contributed by atoms with Gasteiger partial charge in [0.1, 0.15) is 0 Å². The number of ether oxygens (including phenoxy) is 1. The molecule has 224 valence electrons. The largest absolute Gasteiger partial charge is 0.454 e. The van der Waals surface area contributed by atoms with E-state index in [1.165, 1.54) is 4.90 Å². The van der Waals surface area contributed by atoms with Gasteiger partial charge in [0, 0.05) is 31.2 Å². The summed E-state index contributed by atoms with van der Waals surface area (Å²) in [5.74, 6) is -2.04. The molecule has 2 heterocycles. The molecule has 1 saturated heterocycles. The van der Waals surface area contributed by atoms with E-state index in [9.17, 15) is 19.2 Å². The maximum Gasteiger partial charge on any atom is 0.339 e. The third-order valence-electron chi connectivity index (χ3n) is 8.49. The quantitative estimate of drug-likeness (QED) is 0.0875. The molecule has 1 aliphatic heterocycles. The van der Waals surface area contributed by atoms with Gasteiger partial charge in [0.15, 0.2) is 12.4 Å². The first-order chi connectivity index (χ1) is 21.0. The highest BCUT2D eigenvalue weighted by Crippen LogP contribution is 2.44. The second kappa shape index (κ2) is 12.2. The molecule has 7 nitrogen and oxygen atoms in total. The molecule has 2 fully saturated rings. The molecule has 4 atom stereocenters. The Balaban J connectivity index is 1.27. The van der Waals surface area contributed by atoms with E-state index in [1.807, 2.05) is 19.9 Å². The Morgan fingerprint density at radius 3 is 2.18 bits per heavy atom. The molecule has 1 aromatic heterocycles. The molecule has 0 N–H and O–H groups in total. The normalized spacial score (nSPS) is 21.4. The summed E-state index contributed by atoms with van der Waals surface area (Å²) in [4.78, 5) is 58.9. The molecule has 0 spiro atoms. The van der Waals surface area contributed by atoms with Gasteiger partial charge < -0.3 is 4.74 Å². The Hall–Kier alpha value is -3.40. The lowest BCUT2D eigenvalue weighted by Crippen LogP contribution is -2.34. The lowest BCUT2D eigenvalue weighted by molar-refractivity contribution is -0.122. The van der Waals surface area contributed by atoms with Gasteiger partial charge in [0.2, 0.25) is 11.8 Å². The van der Waals surface area contributed by atoms with Crippen LogP contribution in [0.25, 0.3) is 22.2 Å². The van der Waals surface area contributed by atoms with Crippen molar-refractivity contribution in [3.8, 4) is 11.3 Å². The number of imide groups is 1. The van der Waals surface area contributed by atoms with Crippen LogP contribution in [0.2, 0.25) is 5.02 Å². The zero-order valence-corrected chi connectivity index (χ0v) is 27.8. The SMILES string of the molecule is Cc1ccc(C(=O)COC(=O)c2cc(-c3ccc(N4C(=O)C5CC(Br)C(Br)CC5C4=O)cc3)nc3ccc(Cl)cc23)cc1C. The molecule has 2 amide bonds. The van der Waals surface area contributed by atoms with Crippen molar-refractivity contribution in [3.63, 3.8) is 0 Å². The number of carbonyl (C=O) groups excluding carboxylic acids is 4. The zero-order valence-electron chi connectivity index (χ0n) is 23.9. The van der Waals surface area contributed by atoms with E-state index in [2.05, 4.69) is 31.9 Å². The van der Waals surface area contributed by atoms with Crippen LogP contribution in [0.5, 0.6) is 0 Å². The number of amides is 2. The fourth-order valence-electron chi connectivity index (χ4n) is 5.85. The molecule has 1 saturated carbocycles. The molecule has 1 aliphatic carbocycles. The number of alkyl halides is 2. The molecule has 44 heavy (non-hydrogen) atoms. The fourth-order valence-corrected chi connectivity index (χ4v) is 7.26. The standard InChI is InChI=1S/C34H27Br2ClN2O5/c1-17-3-4-20(11-18(17)2)31(40)16-44-34(43)26-15-30(38-29-10-7-21(37)12-23(26)29)19-5-8-22(9-6-19)39-32(41)24-13-27(35)28(36)14-25(24)33(39)42/h3-12,15,24-25,27-28H,13-14,16H2,1-2H3. The first-order valence-corrected chi connectivity index (χ1v) is 16.4. The van der Waals surface area contributed by atoms with Gasteiger partial charge in [0.05, 0.1) is 34.3 Å². The van der Waals surface area contributed by atoms with Crippen LogP contribution >= 0.6 is 43.5 Å². The maximum atomic E-state index is 13.3. The van der Waals surface area contributed by atoms with E-state index in [4.69, 9.17) is 21.3 Å². The number of benzene rings is 3. The number of aromatic nitrogens is 1. The fraction of sp³-hybridized carbons (Fsp3) is 0.265. The number of hydrogen-bond acceptors (Lipinski definition) is 6. The van der Waals surface area contributed by atoms with Gasteiger partial charge in [-0.25, -0.2) is 9.78 Å². The number of nitrogens with zero attached hydrogens (tertiary/aromatic N) is 2. The number of rotatable bonds is 6. The van der Waals surface area contributed by atoms with Crippen LogP contribution in [0.15, 0.2) is 66.7 Å². The number of anilines is 1. The van der Waals surface area contributed by atoms with Crippen LogP contribution in [-0.2, 0) is 14.3 Å².